The maximum absolute atomic E-state index is 15.2. The minimum atomic E-state index is -4.65. The van der Waals surface area contributed by atoms with Crippen molar-refractivity contribution in [1.29, 1.82) is 5.26 Å². The minimum absolute atomic E-state index is 0.367. The van der Waals surface area contributed by atoms with Crippen LogP contribution in [0, 0.1) is 11.3 Å². The molecule has 0 unspecified atom stereocenters. The number of alkyl halides is 3. The van der Waals surface area contributed by atoms with Crippen LogP contribution in [0.1, 0.15) is 11.1 Å². The Morgan fingerprint density at radius 2 is 0.714 bits per heavy atom. The number of rotatable bonds is 5. The molecule has 14 rings (SSSR count). The van der Waals surface area contributed by atoms with Crippen LogP contribution in [-0.4, -0.2) is 18.3 Å². The summed E-state index contributed by atoms with van der Waals surface area (Å²) >= 11 is 0. The van der Waals surface area contributed by atoms with Crippen molar-refractivity contribution >= 4 is 87.2 Å². The number of fused-ring (bicyclic) bond motifs is 12. The average molecular weight is 908 g/mol. The van der Waals surface area contributed by atoms with Gasteiger partial charge in [-0.15, -0.1) is 0 Å². The van der Waals surface area contributed by atoms with Gasteiger partial charge in [0.2, 0.25) is 0 Å². The molecular weight excluding hydrogens is 872 g/mol. The first-order valence-electron chi connectivity index (χ1n) is 23.1. The summed E-state index contributed by atoms with van der Waals surface area (Å²) in [5.41, 5.74) is 11.1. The van der Waals surface area contributed by atoms with E-state index in [1.807, 2.05) is 97.1 Å². The van der Waals surface area contributed by atoms with Gasteiger partial charge in [0.1, 0.15) is 0 Å². The molecule has 14 aromatic rings. The Labute approximate surface area is 397 Å². The lowest BCUT2D eigenvalue weighted by atomic mass is 9.97. The van der Waals surface area contributed by atoms with Crippen molar-refractivity contribution in [1.82, 2.24) is 18.3 Å². The van der Waals surface area contributed by atoms with Gasteiger partial charge in [-0.05, 0) is 103 Å². The lowest BCUT2D eigenvalue weighted by Crippen LogP contribution is -2.08. The van der Waals surface area contributed by atoms with Gasteiger partial charge < -0.3 is 18.3 Å². The smallest absolute Gasteiger partial charge is 0.309 e. The molecule has 0 aliphatic heterocycles. The molecule has 4 heterocycles. The molecule has 0 spiro atoms. The summed E-state index contributed by atoms with van der Waals surface area (Å²) in [6, 6.07) is 74.0. The number of aromatic nitrogens is 4. The lowest BCUT2D eigenvalue weighted by Gasteiger charge is -2.20. The summed E-state index contributed by atoms with van der Waals surface area (Å²) in [7, 11) is 0. The van der Waals surface area contributed by atoms with Crippen molar-refractivity contribution in [2.24, 2.45) is 0 Å². The zero-order chi connectivity index (χ0) is 46.8. The second-order valence-corrected chi connectivity index (χ2v) is 17.9. The fourth-order valence-corrected chi connectivity index (χ4v) is 11.2. The number of hydrogen-bond donors (Lipinski definition) is 0. The average Bonchev–Trinajstić information content (AvgIpc) is 4.11. The van der Waals surface area contributed by atoms with Crippen LogP contribution >= 0.6 is 0 Å². The number of nitrogens with zero attached hydrogens (tertiary/aromatic N) is 5. The molecule has 0 N–H and O–H groups in total. The maximum atomic E-state index is 15.2. The molecular formula is C62H36F3N5. The van der Waals surface area contributed by atoms with E-state index in [1.54, 1.807) is 12.1 Å². The van der Waals surface area contributed by atoms with E-state index in [2.05, 4.69) is 121 Å². The third-order valence-corrected chi connectivity index (χ3v) is 14.2. The molecule has 0 amide bonds. The van der Waals surface area contributed by atoms with Gasteiger partial charge in [-0.2, -0.15) is 18.4 Å². The molecule has 70 heavy (non-hydrogen) atoms. The molecule has 8 heteroatoms. The summed E-state index contributed by atoms with van der Waals surface area (Å²) in [4.78, 5) is 0. The van der Waals surface area contributed by atoms with Gasteiger partial charge >= 0.3 is 6.18 Å². The predicted molar refractivity (Wildman–Crippen MR) is 279 cm³/mol. The van der Waals surface area contributed by atoms with Crippen LogP contribution < -0.4 is 0 Å². The maximum Gasteiger partial charge on any atom is 0.416 e. The first-order valence-corrected chi connectivity index (χ1v) is 23.1. The molecule has 4 aromatic heterocycles. The van der Waals surface area contributed by atoms with Crippen molar-refractivity contribution in [2.45, 2.75) is 6.18 Å². The monoisotopic (exact) mass is 907 g/mol. The summed E-state index contributed by atoms with van der Waals surface area (Å²) < 4.78 is 54.4. The number of halogens is 3. The van der Waals surface area contributed by atoms with Gasteiger partial charge in [0.15, 0.2) is 0 Å². The largest absolute Gasteiger partial charge is 0.416 e. The highest BCUT2D eigenvalue weighted by Gasteiger charge is 2.33. The zero-order valence-electron chi connectivity index (χ0n) is 37.2. The van der Waals surface area contributed by atoms with Crippen LogP contribution in [-0.2, 0) is 6.18 Å². The van der Waals surface area contributed by atoms with E-state index in [1.165, 1.54) is 12.1 Å². The Kier molecular flexibility index (Phi) is 8.44. The first kappa shape index (κ1) is 39.8. The summed E-state index contributed by atoms with van der Waals surface area (Å²) in [6.07, 6.45) is -4.65. The molecule has 0 atom stereocenters. The summed E-state index contributed by atoms with van der Waals surface area (Å²) in [5, 5.41) is 18.8. The van der Waals surface area contributed by atoms with Crippen LogP contribution in [0.15, 0.2) is 218 Å². The van der Waals surface area contributed by atoms with E-state index >= 15 is 13.2 Å². The quantitative estimate of drug-likeness (QED) is 0.170. The highest BCUT2D eigenvalue weighted by Crippen LogP contribution is 2.46. The summed E-state index contributed by atoms with van der Waals surface area (Å²) in [6.45, 7) is 0. The second-order valence-electron chi connectivity index (χ2n) is 17.9. The van der Waals surface area contributed by atoms with E-state index < -0.39 is 11.7 Å². The van der Waals surface area contributed by atoms with Crippen LogP contribution in [0.25, 0.3) is 121 Å². The van der Waals surface area contributed by atoms with E-state index in [4.69, 9.17) is 0 Å². The number of para-hydroxylation sites is 6. The van der Waals surface area contributed by atoms with E-state index in [-0.39, 0.29) is 0 Å². The van der Waals surface area contributed by atoms with Gasteiger partial charge in [0.25, 0.3) is 0 Å². The van der Waals surface area contributed by atoms with Gasteiger partial charge in [-0.3, -0.25) is 0 Å². The predicted octanol–water partition coefficient (Wildman–Crippen LogP) is 16.6. The zero-order valence-corrected chi connectivity index (χ0v) is 37.2. The molecule has 0 bridgehead atoms. The third kappa shape index (κ3) is 5.72. The molecule has 0 radical (unpaired) electrons. The number of benzene rings is 10. The van der Waals surface area contributed by atoms with Gasteiger partial charge in [-0.25, -0.2) is 0 Å². The number of hydrogen-bond acceptors (Lipinski definition) is 1. The highest BCUT2D eigenvalue weighted by molar-refractivity contribution is 6.21. The van der Waals surface area contributed by atoms with Gasteiger partial charge in [0, 0.05) is 65.6 Å². The Bertz CT molecular complexity index is 4520. The van der Waals surface area contributed by atoms with Crippen LogP contribution in [0.3, 0.4) is 0 Å². The standard InChI is InChI=1S/C62H36F3N5/c63-62(64,65)39-28-30-56(69-54-25-13-9-21-44(54)50-33-48-42-19-7-11-23-52(42)67(58(48)35-60(50)69)40-15-3-1-4-16-40)47(32-39)46-29-27-38(37-66)31-57(46)70-55-26-14-10-22-45(55)51-34-49-43-20-8-12-24-53(43)68(59(49)36-61(51)70)41-17-5-2-6-18-41/h1-36H. The van der Waals surface area contributed by atoms with Gasteiger partial charge in [-0.1, -0.05) is 115 Å². The molecule has 0 saturated heterocycles. The first-order chi connectivity index (χ1) is 34.3. The molecule has 5 nitrogen and oxygen atoms in total. The lowest BCUT2D eigenvalue weighted by molar-refractivity contribution is -0.137. The van der Waals surface area contributed by atoms with E-state index in [0.29, 0.717) is 28.1 Å². The van der Waals surface area contributed by atoms with Crippen molar-refractivity contribution in [3.05, 3.63) is 230 Å². The fourth-order valence-electron chi connectivity index (χ4n) is 11.2. The second kappa shape index (κ2) is 14.8. The molecule has 0 fully saturated rings. The third-order valence-electron chi connectivity index (χ3n) is 14.2. The Balaban J connectivity index is 1.10. The highest BCUT2D eigenvalue weighted by atomic mass is 19.4. The number of nitriles is 1. The minimum Gasteiger partial charge on any atom is -0.309 e. The summed E-state index contributed by atoms with van der Waals surface area (Å²) in [5.74, 6) is 0. The Morgan fingerprint density at radius 1 is 0.314 bits per heavy atom. The van der Waals surface area contributed by atoms with Crippen molar-refractivity contribution in [3.63, 3.8) is 0 Å². The van der Waals surface area contributed by atoms with Crippen LogP contribution in [0.4, 0.5) is 13.2 Å². The Morgan fingerprint density at radius 3 is 1.16 bits per heavy atom. The van der Waals surface area contributed by atoms with Crippen LogP contribution in [0.2, 0.25) is 0 Å². The normalized spacial score (nSPS) is 12.2. The van der Waals surface area contributed by atoms with E-state index in [9.17, 15) is 5.26 Å². The molecule has 0 saturated carbocycles. The molecule has 0 aliphatic rings. The fraction of sp³-hybridized carbons (Fsp3) is 0.0161. The van der Waals surface area contributed by atoms with Crippen molar-refractivity contribution in [3.8, 4) is 39.9 Å². The van der Waals surface area contributed by atoms with Crippen molar-refractivity contribution in [2.75, 3.05) is 0 Å². The molecule has 330 valence electrons. The SMILES string of the molecule is N#Cc1ccc(-c2cc(C(F)(F)F)ccc2-n2c3ccccc3c3cc4c5ccccc5n(-c5ccccc5)c4cc32)c(-n2c3ccccc3c3cc4c5ccccc5n(-c5ccccc5)c4cc32)c1. The molecule has 0 aliphatic carbocycles. The Hall–Kier alpha value is -9.32. The van der Waals surface area contributed by atoms with Crippen molar-refractivity contribution < 1.29 is 13.2 Å². The van der Waals surface area contributed by atoms with Crippen LogP contribution in [0.5, 0.6) is 0 Å². The topological polar surface area (TPSA) is 43.5 Å². The van der Waals surface area contributed by atoms with E-state index in [0.717, 1.165) is 98.6 Å². The molecule has 10 aromatic carbocycles. The van der Waals surface area contributed by atoms with Gasteiger partial charge in [0.05, 0.1) is 72.7 Å².